The fourth-order valence-electron chi connectivity index (χ4n) is 3.73. The first-order valence-corrected chi connectivity index (χ1v) is 8.92. The summed E-state index contributed by atoms with van der Waals surface area (Å²) >= 11 is 3.73. The molecule has 1 heterocycles. The standard InChI is InChI=1S/C16H28BrN3/c1-4-11-18-15(16(5-2)9-7-8-10-16)14-13(17)12-19-20(14)6-3/h12,15,18H,4-11H2,1-3H3. The van der Waals surface area contributed by atoms with E-state index < -0.39 is 0 Å². The Morgan fingerprint density at radius 1 is 1.35 bits per heavy atom. The molecule has 0 bridgehead atoms. The number of nitrogens with one attached hydrogen (secondary N) is 1. The zero-order chi connectivity index (χ0) is 14.6. The molecule has 1 aliphatic rings. The van der Waals surface area contributed by atoms with Crippen LogP contribution in [-0.4, -0.2) is 16.3 Å². The highest BCUT2D eigenvalue weighted by molar-refractivity contribution is 9.10. The molecular weight excluding hydrogens is 314 g/mol. The van der Waals surface area contributed by atoms with Crippen LogP contribution < -0.4 is 5.32 Å². The molecule has 1 aromatic rings. The topological polar surface area (TPSA) is 29.9 Å². The minimum absolute atomic E-state index is 0.407. The van der Waals surface area contributed by atoms with E-state index in [0.29, 0.717) is 11.5 Å². The van der Waals surface area contributed by atoms with Crippen molar-refractivity contribution in [1.29, 1.82) is 0 Å². The predicted molar refractivity (Wildman–Crippen MR) is 87.8 cm³/mol. The van der Waals surface area contributed by atoms with Gasteiger partial charge in [-0.2, -0.15) is 5.10 Å². The van der Waals surface area contributed by atoms with Gasteiger partial charge in [-0.3, -0.25) is 4.68 Å². The van der Waals surface area contributed by atoms with Crippen LogP contribution in [0.2, 0.25) is 0 Å². The zero-order valence-electron chi connectivity index (χ0n) is 13.1. The second-order valence-electron chi connectivity index (χ2n) is 6.00. The quantitative estimate of drug-likeness (QED) is 0.780. The third-order valence-electron chi connectivity index (χ3n) is 4.92. The molecule has 1 unspecified atom stereocenters. The van der Waals surface area contributed by atoms with Crippen LogP contribution in [0.15, 0.2) is 10.7 Å². The minimum Gasteiger partial charge on any atom is -0.308 e. The molecule has 2 rings (SSSR count). The van der Waals surface area contributed by atoms with Crippen LogP contribution >= 0.6 is 15.9 Å². The van der Waals surface area contributed by atoms with E-state index in [2.05, 4.69) is 51.8 Å². The number of rotatable bonds is 7. The van der Waals surface area contributed by atoms with Gasteiger partial charge in [0.05, 0.1) is 22.4 Å². The fraction of sp³-hybridized carbons (Fsp3) is 0.812. The van der Waals surface area contributed by atoms with Crippen LogP contribution in [0, 0.1) is 5.41 Å². The average Bonchev–Trinajstić information content (AvgIpc) is 3.08. The van der Waals surface area contributed by atoms with Crippen molar-refractivity contribution in [2.75, 3.05) is 6.54 Å². The molecule has 114 valence electrons. The molecule has 1 aromatic heterocycles. The summed E-state index contributed by atoms with van der Waals surface area (Å²) in [5, 5.41) is 8.36. The van der Waals surface area contributed by atoms with Crippen LogP contribution in [0.1, 0.15) is 71.0 Å². The van der Waals surface area contributed by atoms with Gasteiger partial charge in [0.25, 0.3) is 0 Å². The van der Waals surface area contributed by atoms with Crippen molar-refractivity contribution < 1.29 is 0 Å². The van der Waals surface area contributed by atoms with E-state index in [0.717, 1.165) is 17.6 Å². The van der Waals surface area contributed by atoms with Crippen molar-refractivity contribution in [2.45, 2.75) is 71.9 Å². The van der Waals surface area contributed by atoms with E-state index in [1.807, 2.05) is 6.20 Å². The summed E-state index contributed by atoms with van der Waals surface area (Å²) in [7, 11) is 0. The number of nitrogens with zero attached hydrogens (tertiary/aromatic N) is 2. The molecule has 3 nitrogen and oxygen atoms in total. The molecule has 4 heteroatoms. The highest BCUT2D eigenvalue weighted by atomic mass is 79.9. The van der Waals surface area contributed by atoms with Gasteiger partial charge in [-0.05, 0) is 60.5 Å². The van der Waals surface area contributed by atoms with Crippen LogP contribution in [0.4, 0.5) is 0 Å². The summed E-state index contributed by atoms with van der Waals surface area (Å²) in [5.41, 5.74) is 1.76. The van der Waals surface area contributed by atoms with Crippen molar-refractivity contribution in [3.8, 4) is 0 Å². The SMILES string of the molecule is CCCNC(c1c(Br)cnn1CC)C1(CC)CCCC1. The highest BCUT2D eigenvalue weighted by Gasteiger charge is 2.42. The number of hydrogen-bond donors (Lipinski definition) is 1. The molecule has 0 saturated heterocycles. The average molecular weight is 342 g/mol. The van der Waals surface area contributed by atoms with Gasteiger partial charge in [0.15, 0.2) is 0 Å². The van der Waals surface area contributed by atoms with E-state index in [1.54, 1.807) is 0 Å². The predicted octanol–water partition coefficient (Wildman–Crippen LogP) is 4.68. The Kier molecular flexibility index (Phi) is 5.67. The van der Waals surface area contributed by atoms with Crippen molar-refractivity contribution in [3.05, 3.63) is 16.4 Å². The molecular formula is C16H28BrN3. The van der Waals surface area contributed by atoms with Crippen LogP contribution in [-0.2, 0) is 6.54 Å². The van der Waals surface area contributed by atoms with Gasteiger partial charge in [0.2, 0.25) is 0 Å². The molecule has 1 N–H and O–H groups in total. The molecule has 1 saturated carbocycles. The van der Waals surface area contributed by atoms with Crippen molar-refractivity contribution in [3.63, 3.8) is 0 Å². The van der Waals surface area contributed by atoms with Gasteiger partial charge < -0.3 is 5.32 Å². The summed E-state index contributed by atoms with van der Waals surface area (Å²) in [5.74, 6) is 0. The van der Waals surface area contributed by atoms with Gasteiger partial charge in [0, 0.05) is 6.54 Å². The Balaban J connectivity index is 2.38. The second-order valence-corrected chi connectivity index (χ2v) is 6.86. The van der Waals surface area contributed by atoms with Gasteiger partial charge in [-0.25, -0.2) is 0 Å². The maximum Gasteiger partial charge on any atom is 0.0701 e. The van der Waals surface area contributed by atoms with Crippen LogP contribution in [0.3, 0.4) is 0 Å². The monoisotopic (exact) mass is 341 g/mol. The number of halogens is 1. The van der Waals surface area contributed by atoms with Crippen LogP contribution in [0.25, 0.3) is 0 Å². The summed E-state index contributed by atoms with van der Waals surface area (Å²) in [4.78, 5) is 0. The third kappa shape index (κ3) is 2.96. The van der Waals surface area contributed by atoms with E-state index in [9.17, 15) is 0 Å². The summed E-state index contributed by atoms with van der Waals surface area (Å²) < 4.78 is 3.32. The largest absolute Gasteiger partial charge is 0.308 e. The van der Waals surface area contributed by atoms with Gasteiger partial charge in [-0.15, -0.1) is 0 Å². The molecule has 1 atom stereocenters. The first-order chi connectivity index (χ1) is 9.68. The lowest BCUT2D eigenvalue weighted by Gasteiger charge is -2.38. The molecule has 20 heavy (non-hydrogen) atoms. The Bertz CT molecular complexity index is 421. The van der Waals surface area contributed by atoms with Gasteiger partial charge in [-0.1, -0.05) is 26.7 Å². The van der Waals surface area contributed by atoms with Crippen molar-refractivity contribution in [2.24, 2.45) is 5.41 Å². The number of aromatic nitrogens is 2. The molecule has 0 aliphatic heterocycles. The first kappa shape index (κ1) is 16.0. The van der Waals surface area contributed by atoms with E-state index in [-0.39, 0.29) is 0 Å². The van der Waals surface area contributed by atoms with Gasteiger partial charge >= 0.3 is 0 Å². The lowest BCUT2D eigenvalue weighted by Crippen LogP contribution is -2.38. The lowest BCUT2D eigenvalue weighted by atomic mass is 9.74. The zero-order valence-corrected chi connectivity index (χ0v) is 14.7. The first-order valence-electron chi connectivity index (χ1n) is 8.13. The smallest absolute Gasteiger partial charge is 0.0701 e. The lowest BCUT2D eigenvalue weighted by molar-refractivity contribution is 0.178. The third-order valence-corrected chi connectivity index (χ3v) is 5.53. The Labute approximate surface area is 131 Å². The second kappa shape index (κ2) is 7.08. The molecule has 1 aliphatic carbocycles. The molecule has 1 fully saturated rings. The number of aryl methyl sites for hydroxylation is 1. The molecule has 0 radical (unpaired) electrons. The molecule has 0 spiro atoms. The summed E-state index contributed by atoms with van der Waals surface area (Å²) in [6.07, 6.45) is 9.80. The molecule has 0 amide bonds. The van der Waals surface area contributed by atoms with E-state index in [1.165, 1.54) is 44.2 Å². The summed E-state index contributed by atoms with van der Waals surface area (Å²) in [6, 6.07) is 0.423. The fourth-order valence-corrected chi connectivity index (χ4v) is 4.25. The number of hydrogen-bond acceptors (Lipinski definition) is 2. The van der Waals surface area contributed by atoms with Crippen molar-refractivity contribution >= 4 is 15.9 Å². The Hall–Kier alpha value is -0.350. The maximum atomic E-state index is 4.53. The Morgan fingerprint density at radius 3 is 2.60 bits per heavy atom. The molecule has 0 aromatic carbocycles. The van der Waals surface area contributed by atoms with Crippen molar-refractivity contribution in [1.82, 2.24) is 15.1 Å². The highest BCUT2D eigenvalue weighted by Crippen LogP contribution is 2.51. The summed E-state index contributed by atoms with van der Waals surface area (Å²) in [6.45, 7) is 8.78. The Morgan fingerprint density at radius 2 is 2.05 bits per heavy atom. The maximum absolute atomic E-state index is 4.53. The van der Waals surface area contributed by atoms with Gasteiger partial charge in [0.1, 0.15) is 0 Å². The van der Waals surface area contributed by atoms with E-state index in [4.69, 9.17) is 0 Å². The van der Waals surface area contributed by atoms with E-state index >= 15 is 0 Å². The normalized spacial score (nSPS) is 19.4. The minimum atomic E-state index is 0.407. The van der Waals surface area contributed by atoms with Crippen LogP contribution in [0.5, 0.6) is 0 Å².